The van der Waals surface area contributed by atoms with Crippen molar-refractivity contribution in [2.75, 3.05) is 23.3 Å². The summed E-state index contributed by atoms with van der Waals surface area (Å²) in [5.41, 5.74) is 13.2. The van der Waals surface area contributed by atoms with Gasteiger partial charge in [-0.25, -0.2) is 9.59 Å². The van der Waals surface area contributed by atoms with Gasteiger partial charge in [0.05, 0.1) is 11.4 Å². The Morgan fingerprint density at radius 1 is 0.522 bits per heavy atom. The molecule has 0 heterocycles. The fourth-order valence-corrected chi connectivity index (χ4v) is 8.27. The first-order valence-corrected chi connectivity index (χ1v) is 23.9. The van der Waals surface area contributed by atoms with Gasteiger partial charge < -0.3 is 26.2 Å². The van der Waals surface area contributed by atoms with Gasteiger partial charge in [-0.3, -0.25) is 4.79 Å². The maximum Gasteiger partial charge on any atom is 0.319 e. The number of carbonyl (C=O) groups excluding carboxylic acids is 3. The number of ketones is 1. The molecule has 0 saturated carbocycles. The van der Waals surface area contributed by atoms with E-state index in [2.05, 4.69) is 169 Å². The molecule has 0 radical (unpaired) electrons. The van der Waals surface area contributed by atoms with E-state index in [1.807, 2.05) is 42.5 Å². The van der Waals surface area contributed by atoms with E-state index in [4.69, 9.17) is 0 Å². The smallest absolute Gasteiger partial charge is 0.319 e. The number of benzene rings is 5. The van der Waals surface area contributed by atoms with Crippen LogP contribution in [0.3, 0.4) is 0 Å². The van der Waals surface area contributed by atoms with Gasteiger partial charge in [-0.05, 0) is 89.1 Å². The summed E-state index contributed by atoms with van der Waals surface area (Å²) in [4.78, 5) is 44.0. The minimum atomic E-state index is -0.335. The highest BCUT2D eigenvalue weighted by atomic mass is 16.2. The third kappa shape index (κ3) is 12.2. The average molecular weight is 894 g/mol. The van der Waals surface area contributed by atoms with Crippen molar-refractivity contribution < 1.29 is 14.4 Å². The maximum absolute atomic E-state index is 14.7. The van der Waals surface area contributed by atoms with Crippen molar-refractivity contribution in [3.05, 3.63) is 184 Å². The summed E-state index contributed by atoms with van der Waals surface area (Å²) in [5, 5.41) is 12.3. The number of nitrogens with zero attached hydrogens (tertiary/aromatic N) is 2. The summed E-state index contributed by atoms with van der Waals surface area (Å²) in [7, 11) is 0. The maximum atomic E-state index is 14.7. The number of aryl methyl sites for hydroxylation is 4. The number of amides is 4. The van der Waals surface area contributed by atoms with Crippen LogP contribution in [0.15, 0.2) is 156 Å². The second kappa shape index (κ2) is 22.8. The van der Waals surface area contributed by atoms with Crippen LogP contribution in [0, 0.1) is 27.7 Å². The second-order valence-corrected chi connectivity index (χ2v) is 17.7. The van der Waals surface area contributed by atoms with Gasteiger partial charge in [0.1, 0.15) is 0 Å². The Morgan fingerprint density at radius 3 is 1.49 bits per heavy atom. The Labute approximate surface area is 397 Å². The molecule has 67 heavy (non-hydrogen) atoms. The van der Waals surface area contributed by atoms with Crippen molar-refractivity contribution in [3.63, 3.8) is 0 Å². The van der Waals surface area contributed by atoms with E-state index in [1.165, 1.54) is 0 Å². The quantitative estimate of drug-likeness (QED) is 0.0399. The van der Waals surface area contributed by atoms with Crippen LogP contribution < -0.4 is 30.7 Å². The van der Waals surface area contributed by atoms with Crippen LogP contribution in [0.5, 0.6) is 0 Å². The minimum Gasteiger partial charge on any atom is -0.338 e. The van der Waals surface area contributed by atoms with Crippen LogP contribution in [0.25, 0.3) is 5.57 Å². The molecule has 0 aromatic heterocycles. The van der Waals surface area contributed by atoms with Crippen molar-refractivity contribution in [2.24, 2.45) is 0 Å². The topological polar surface area (TPSA) is 106 Å². The number of urea groups is 2. The molecule has 7 rings (SSSR count). The number of anilines is 4. The Morgan fingerprint density at radius 2 is 1.00 bits per heavy atom. The van der Waals surface area contributed by atoms with Crippen LogP contribution in [-0.2, 0) is 4.79 Å². The van der Waals surface area contributed by atoms with Crippen LogP contribution in [0.4, 0.5) is 43.7 Å². The molecule has 0 atom stereocenters. The Kier molecular flexibility index (Phi) is 16.2. The van der Waals surface area contributed by atoms with Gasteiger partial charge in [-0.2, -0.15) is 4.58 Å². The van der Waals surface area contributed by atoms with Crippen molar-refractivity contribution in [3.8, 4) is 0 Å². The highest BCUT2D eigenvalue weighted by molar-refractivity contribution is 6.39. The fourth-order valence-electron chi connectivity index (χ4n) is 8.27. The SMILES string of the molecule is CCCCCCNC(=O)NC1=CC(=[N+](c2ccc(C)cc2)c2ccc(C)cc2)C=C/C1=C1/C=C(c2ccc(N(c3ccc(C)cc3)c3ccc(C)cc3)cc2NC(=O)NCCCCCC)C1=O. The molecule has 5 aromatic carbocycles. The van der Waals surface area contributed by atoms with Crippen molar-refractivity contribution in [2.45, 2.75) is 92.9 Å². The van der Waals surface area contributed by atoms with Crippen LogP contribution >= 0.6 is 0 Å². The first kappa shape index (κ1) is 47.7. The summed E-state index contributed by atoms with van der Waals surface area (Å²) in [5.74, 6) is -0.186. The zero-order chi connectivity index (χ0) is 47.3. The van der Waals surface area contributed by atoms with Gasteiger partial charge in [0.2, 0.25) is 17.1 Å². The number of hydrogen-bond donors (Lipinski definition) is 4. The lowest BCUT2D eigenvalue weighted by Crippen LogP contribution is -2.37. The number of Topliss-reactive ketones (excluding diaryl/α,β-unsaturated/α-hetero) is 1. The molecule has 0 bridgehead atoms. The first-order valence-electron chi connectivity index (χ1n) is 23.9. The highest BCUT2D eigenvalue weighted by Crippen LogP contribution is 2.42. The summed E-state index contributed by atoms with van der Waals surface area (Å²) in [6.45, 7) is 13.7. The Hall–Kier alpha value is -7.26. The normalized spacial score (nSPS) is 14.2. The van der Waals surface area contributed by atoms with E-state index in [-0.39, 0.29) is 17.8 Å². The monoisotopic (exact) mass is 894 g/mol. The van der Waals surface area contributed by atoms with E-state index in [0.29, 0.717) is 46.8 Å². The predicted molar refractivity (Wildman–Crippen MR) is 278 cm³/mol. The zero-order valence-corrected chi connectivity index (χ0v) is 40.0. The van der Waals surface area contributed by atoms with Gasteiger partial charge >= 0.3 is 12.1 Å². The van der Waals surface area contributed by atoms with Gasteiger partial charge in [0.15, 0.2) is 5.78 Å². The van der Waals surface area contributed by atoms with Crippen molar-refractivity contribution in [1.82, 2.24) is 20.5 Å². The number of allylic oxidation sites excluding steroid dienone is 6. The molecule has 2 aliphatic carbocycles. The molecule has 9 heteroatoms. The fraction of sp³-hybridized carbons (Fsp3) is 0.276. The summed E-state index contributed by atoms with van der Waals surface area (Å²) < 4.78 is 2.15. The largest absolute Gasteiger partial charge is 0.338 e. The molecule has 5 aromatic rings. The van der Waals surface area contributed by atoms with Gasteiger partial charge in [-0.1, -0.05) is 129 Å². The van der Waals surface area contributed by atoms with Gasteiger partial charge in [-0.15, -0.1) is 0 Å². The highest BCUT2D eigenvalue weighted by Gasteiger charge is 2.33. The zero-order valence-electron chi connectivity index (χ0n) is 40.0. The molecule has 0 spiro atoms. The number of rotatable bonds is 18. The molecule has 9 nitrogen and oxygen atoms in total. The summed E-state index contributed by atoms with van der Waals surface area (Å²) in [6.07, 6.45) is 16.0. The van der Waals surface area contributed by atoms with Gasteiger partial charge in [0, 0.05) is 88.9 Å². The third-order valence-corrected chi connectivity index (χ3v) is 12.2. The van der Waals surface area contributed by atoms with E-state index in [0.717, 1.165) is 108 Å². The van der Waals surface area contributed by atoms with Crippen molar-refractivity contribution >= 4 is 63.3 Å². The van der Waals surface area contributed by atoms with Gasteiger partial charge in [0.25, 0.3) is 0 Å². The lowest BCUT2D eigenvalue weighted by molar-refractivity contribution is -0.111. The van der Waals surface area contributed by atoms with E-state index >= 15 is 0 Å². The first-order chi connectivity index (χ1) is 32.5. The second-order valence-electron chi connectivity index (χ2n) is 17.7. The molecule has 0 saturated heterocycles. The standard InChI is InChI=1S/C58H64N6O3/c1-7-9-11-13-35-59-57(66)61-54-37-48(63(44-23-15-40(3)16-24-44)45-25-17-41(4)18-26-45)31-33-50(54)52-39-53(56(52)65)51-34-32-49(38-55(51)62-58(67)60-36-14-12-10-8-2)64(46-27-19-42(5)20-28-46)47-29-21-43(6)22-30-47/h15-34,37-39H,7-14,35-36H2,1-6H3,(H3,59,60,61,62,66,67)/p+1. The van der Waals surface area contributed by atoms with E-state index in [1.54, 1.807) is 0 Å². The molecular weight excluding hydrogens is 829 g/mol. The van der Waals surface area contributed by atoms with Crippen LogP contribution in [0.1, 0.15) is 93.0 Å². The molecule has 0 fully saturated rings. The average Bonchev–Trinajstić information content (AvgIpc) is 3.32. The molecule has 2 aliphatic rings. The lowest BCUT2D eigenvalue weighted by Gasteiger charge is -2.28. The minimum absolute atomic E-state index is 0.186. The van der Waals surface area contributed by atoms with E-state index in [9.17, 15) is 14.4 Å². The van der Waals surface area contributed by atoms with E-state index < -0.39 is 0 Å². The summed E-state index contributed by atoms with van der Waals surface area (Å²) >= 11 is 0. The summed E-state index contributed by atoms with van der Waals surface area (Å²) in [6, 6.07) is 38.5. The Bertz CT molecular complexity index is 2630. The Balaban J connectivity index is 1.30. The lowest BCUT2D eigenvalue weighted by atomic mass is 9.80. The van der Waals surface area contributed by atoms with Crippen LogP contribution in [-0.4, -0.2) is 36.6 Å². The molecule has 0 unspecified atom stereocenters. The molecular formula is C58H65N6O3+. The number of nitrogens with one attached hydrogen (secondary N) is 4. The van der Waals surface area contributed by atoms with Crippen LogP contribution in [0.2, 0.25) is 0 Å². The predicted octanol–water partition coefficient (Wildman–Crippen LogP) is 13.7. The number of carbonyl (C=O) groups is 3. The molecule has 344 valence electrons. The molecule has 4 N–H and O–H groups in total. The number of unbranched alkanes of at least 4 members (excludes halogenated alkanes) is 6. The number of hydrogen-bond acceptors (Lipinski definition) is 4. The molecule has 0 aliphatic heterocycles. The van der Waals surface area contributed by atoms with Crippen molar-refractivity contribution in [1.29, 1.82) is 0 Å². The third-order valence-electron chi connectivity index (χ3n) is 12.2. The molecule has 4 amide bonds.